The molecular formula is C25H34N6O4S. The van der Waals surface area contributed by atoms with E-state index >= 15 is 0 Å². The average Bonchev–Trinajstić information content (AvgIpc) is 3.33. The van der Waals surface area contributed by atoms with Gasteiger partial charge in [-0.1, -0.05) is 18.7 Å². The predicted molar refractivity (Wildman–Crippen MR) is 141 cm³/mol. The van der Waals surface area contributed by atoms with E-state index in [-0.39, 0.29) is 5.91 Å². The normalized spacial score (nSPS) is 13.6. The molecule has 1 aliphatic rings. The first kappa shape index (κ1) is 25.9. The maximum atomic E-state index is 12.9. The Morgan fingerprint density at radius 2 is 1.78 bits per heavy atom. The number of aromatic nitrogens is 4. The Morgan fingerprint density at radius 1 is 1.06 bits per heavy atom. The highest BCUT2D eigenvalue weighted by molar-refractivity contribution is 7.99. The van der Waals surface area contributed by atoms with Crippen LogP contribution in [0.2, 0.25) is 0 Å². The molecule has 1 saturated heterocycles. The molecule has 10 nitrogen and oxygen atoms in total. The van der Waals surface area contributed by atoms with E-state index in [9.17, 15) is 4.79 Å². The van der Waals surface area contributed by atoms with Crippen LogP contribution in [0.5, 0.6) is 17.2 Å². The number of benzene rings is 1. The summed E-state index contributed by atoms with van der Waals surface area (Å²) in [5, 5.41) is 9.27. The lowest BCUT2D eigenvalue weighted by molar-refractivity contribution is 0.0951. The van der Waals surface area contributed by atoms with E-state index in [1.165, 1.54) is 40.6 Å². The Hall–Kier alpha value is -3.21. The molecule has 1 aliphatic heterocycles. The number of rotatable bonds is 11. The average molecular weight is 515 g/mol. The molecule has 1 N–H and O–H groups in total. The highest BCUT2D eigenvalue weighted by atomic mass is 32.2. The molecule has 1 fully saturated rings. The van der Waals surface area contributed by atoms with Crippen molar-refractivity contribution in [1.82, 2.24) is 25.1 Å². The molecule has 0 radical (unpaired) electrons. The number of thioether (sulfide) groups is 1. The van der Waals surface area contributed by atoms with Crippen molar-refractivity contribution in [2.45, 2.75) is 44.3 Å². The number of piperidine rings is 1. The highest BCUT2D eigenvalue weighted by Gasteiger charge is 2.21. The number of nitrogens with one attached hydrogen (secondary N) is 1. The molecule has 0 bridgehead atoms. The van der Waals surface area contributed by atoms with Crippen LogP contribution >= 0.6 is 11.8 Å². The molecule has 36 heavy (non-hydrogen) atoms. The third-order valence-corrected chi connectivity index (χ3v) is 7.14. The summed E-state index contributed by atoms with van der Waals surface area (Å²) in [6.07, 6.45) is 6.49. The van der Waals surface area contributed by atoms with Crippen LogP contribution in [0.1, 0.15) is 43.0 Å². The molecule has 0 spiro atoms. The molecule has 11 heteroatoms. The van der Waals surface area contributed by atoms with Crippen LogP contribution in [0.25, 0.3) is 11.0 Å². The molecular weight excluding hydrogens is 480 g/mol. The number of anilines is 1. The lowest BCUT2D eigenvalue weighted by Crippen LogP contribution is -2.30. The number of fused-ring (bicyclic) bond motifs is 1. The van der Waals surface area contributed by atoms with Gasteiger partial charge in [-0.3, -0.25) is 4.79 Å². The number of carbonyl (C=O) groups is 1. The second-order valence-electron chi connectivity index (χ2n) is 8.50. The molecule has 2 aromatic heterocycles. The summed E-state index contributed by atoms with van der Waals surface area (Å²) in [5.74, 6) is 2.99. The molecule has 4 rings (SSSR count). The minimum atomic E-state index is -0.242. The van der Waals surface area contributed by atoms with Crippen molar-refractivity contribution < 1.29 is 19.0 Å². The summed E-state index contributed by atoms with van der Waals surface area (Å²) in [5.41, 5.74) is 1.22. The first-order valence-electron chi connectivity index (χ1n) is 12.3. The van der Waals surface area contributed by atoms with Gasteiger partial charge in [-0.15, -0.1) is 0 Å². The van der Waals surface area contributed by atoms with Gasteiger partial charge in [0.05, 0.1) is 39.5 Å². The SMILES string of the molecule is CCCSc1nc(N2CCCCC2)c2cnn(CCNC(=O)c3cc(OC)c(OC)c(OC)c3)c2n1. The zero-order valence-electron chi connectivity index (χ0n) is 21.4. The molecule has 194 valence electrons. The van der Waals surface area contributed by atoms with E-state index in [1.807, 2.05) is 10.9 Å². The summed E-state index contributed by atoms with van der Waals surface area (Å²) in [7, 11) is 4.57. The quantitative estimate of drug-likeness (QED) is 0.302. The Bertz CT molecular complexity index is 1170. The van der Waals surface area contributed by atoms with E-state index in [1.54, 1.807) is 23.9 Å². The van der Waals surface area contributed by atoms with Gasteiger partial charge in [-0.05, 0) is 37.8 Å². The first-order valence-corrected chi connectivity index (χ1v) is 13.3. The second kappa shape index (κ2) is 12.2. The summed E-state index contributed by atoms with van der Waals surface area (Å²) >= 11 is 1.67. The van der Waals surface area contributed by atoms with E-state index in [0.717, 1.165) is 47.3 Å². The lowest BCUT2D eigenvalue weighted by Gasteiger charge is -2.28. The minimum absolute atomic E-state index is 0.242. The van der Waals surface area contributed by atoms with E-state index in [4.69, 9.17) is 24.2 Å². The molecule has 0 unspecified atom stereocenters. The third kappa shape index (κ3) is 5.61. The Morgan fingerprint density at radius 3 is 2.42 bits per heavy atom. The maximum Gasteiger partial charge on any atom is 0.251 e. The minimum Gasteiger partial charge on any atom is -0.493 e. The fourth-order valence-corrected chi connectivity index (χ4v) is 4.97. The maximum absolute atomic E-state index is 12.9. The van der Waals surface area contributed by atoms with Gasteiger partial charge in [-0.2, -0.15) is 5.10 Å². The van der Waals surface area contributed by atoms with Crippen LogP contribution in [-0.4, -0.2) is 72.4 Å². The predicted octanol–water partition coefficient (Wildman–Crippen LogP) is 3.77. The summed E-state index contributed by atoms with van der Waals surface area (Å²) in [6, 6.07) is 3.27. The van der Waals surface area contributed by atoms with Gasteiger partial charge in [0.1, 0.15) is 5.82 Å². The monoisotopic (exact) mass is 514 g/mol. The lowest BCUT2D eigenvalue weighted by atomic mass is 10.1. The van der Waals surface area contributed by atoms with Crippen molar-refractivity contribution in [3.05, 3.63) is 23.9 Å². The van der Waals surface area contributed by atoms with Gasteiger partial charge >= 0.3 is 0 Å². The summed E-state index contributed by atoms with van der Waals surface area (Å²) in [6.45, 7) is 5.01. The Labute approximate surface area is 215 Å². The number of carbonyl (C=O) groups excluding carboxylic acids is 1. The molecule has 1 amide bonds. The number of hydrogen-bond donors (Lipinski definition) is 1. The van der Waals surface area contributed by atoms with Crippen molar-refractivity contribution in [2.75, 3.05) is 51.6 Å². The van der Waals surface area contributed by atoms with Crippen molar-refractivity contribution in [3.63, 3.8) is 0 Å². The van der Waals surface area contributed by atoms with Crippen molar-refractivity contribution >= 4 is 34.5 Å². The highest BCUT2D eigenvalue weighted by Crippen LogP contribution is 2.38. The molecule has 0 atom stereocenters. The van der Waals surface area contributed by atoms with Crippen molar-refractivity contribution in [3.8, 4) is 17.2 Å². The van der Waals surface area contributed by atoms with E-state index in [2.05, 4.69) is 22.2 Å². The van der Waals surface area contributed by atoms with E-state index < -0.39 is 0 Å². The van der Waals surface area contributed by atoms with Crippen LogP contribution < -0.4 is 24.4 Å². The second-order valence-corrected chi connectivity index (χ2v) is 9.56. The topological polar surface area (TPSA) is 104 Å². The van der Waals surface area contributed by atoms with Crippen LogP contribution in [0.3, 0.4) is 0 Å². The zero-order chi connectivity index (χ0) is 25.5. The third-order valence-electron chi connectivity index (χ3n) is 6.08. The van der Waals surface area contributed by atoms with Gasteiger partial charge in [0.15, 0.2) is 22.3 Å². The van der Waals surface area contributed by atoms with Crippen molar-refractivity contribution in [2.24, 2.45) is 0 Å². The van der Waals surface area contributed by atoms with Crippen LogP contribution in [0.15, 0.2) is 23.5 Å². The smallest absolute Gasteiger partial charge is 0.251 e. The van der Waals surface area contributed by atoms with Gasteiger partial charge in [0.25, 0.3) is 5.91 Å². The number of ether oxygens (including phenoxy) is 3. The van der Waals surface area contributed by atoms with Crippen LogP contribution in [-0.2, 0) is 6.54 Å². The number of hydrogen-bond acceptors (Lipinski definition) is 9. The van der Waals surface area contributed by atoms with Gasteiger partial charge < -0.3 is 24.4 Å². The zero-order valence-corrected chi connectivity index (χ0v) is 22.2. The molecule has 0 aliphatic carbocycles. The fourth-order valence-electron chi connectivity index (χ4n) is 4.28. The van der Waals surface area contributed by atoms with Gasteiger partial charge in [0.2, 0.25) is 5.75 Å². The first-order chi connectivity index (χ1) is 17.6. The molecule has 3 heterocycles. The molecule has 1 aromatic carbocycles. The molecule has 0 saturated carbocycles. The fraction of sp³-hybridized carbons (Fsp3) is 0.520. The Balaban J connectivity index is 1.52. The number of methoxy groups -OCH3 is 3. The van der Waals surface area contributed by atoms with Gasteiger partial charge in [0, 0.05) is 31.0 Å². The summed E-state index contributed by atoms with van der Waals surface area (Å²) < 4.78 is 17.9. The van der Waals surface area contributed by atoms with Crippen LogP contribution in [0, 0.1) is 0 Å². The van der Waals surface area contributed by atoms with Gasteiger partial charge in [-0.25, -0.2) is 14.6 Å². The van der Waals surface area contributed by atoms with Crippen molar-refractivity contribution in [1.29, 1.82) is 0 Å². The molecule has 3 aromatic rings. The van der Waals surface area contributed by atoms with E-state index in [0.29, 0.717) is 35.9 Å². The van der Waals surface area contributed by atoms with Crippen LogP contribution in [0.4, 0.5) is 5.82 Å². The number of amides is 1. The number of nitrogens with zero attached hydrogens (tertiary/aromatic N) is 5. The summed E-state index contributed by atoms with van der Waals surface area (Å²) in [4.78, 5) is 24.9. The standard InChI is InChI=1S/C25H34N6O4S/c1-5-13-36-25-28-22(30-10-7-6-8-11-30)18-16-27-31(23(18)29-25)12-9-26-24(32)17-14-19(33-2)21(35-4)20(15-17)34-3/h14-16H,5-13H2,1-4H3,(H,26,32). The largest absolute Gasteiger partial charge is 0.493 e. The Kier molecular flexibility index (Phi) is 8.74.